The van der Waals surface area contributed by atoms with E-state index in [9.17, 15) is 0 Å². The van der Waals surface area contributed by atoms with Crippen LogP contribution in [0.4, 0.5) is 0 Å². The fourth-order valence-electron chi connectivity index (χ4n) is 3.38. The first-order valence-electron chi connectivity index (χ1n) is 8.67. The molecule has 0 bridgehead atoms. The van der Waals surface area contributed by atoms with Crippen molar-refractivity contribution in [1.29, 1.82) is 0 Å². The second kappa shape index (κ2) is 7.81. The van der Waals surface area contributed by atoms with Crippen molar-refractivity contribution < 1.29 is 14.2 Å². The summed E-state index contributed by atoms with van der Waals surface area (Å²) in [5.74, 6) is 0.696. The predicted octanol–water partition coefficient (Wildman–Crippen LogP) is 5.48. The van der Waals surface area contributed by atoms with Crippen LogP contribution in [0.3, 0.4) is 0 Å². The molecule has 2 aliphatic heterocycles. The third-order valence-electron chi connectivity index (χ3n) is 4.71. The Kier molecular flexibility index (Phi) is 5.30. The largest absolute Gasteiger partial charge is 0.454 e. The number of hydrogen-bond donors (Lipinski definition) is 0. The summed E-state index contributed by atoms with van der Waals surface area (Å²) in [6, 6.07) is 10.3. The van der Waals surface area contributed by atoms with E-state index in [1.54, 1.807) is 12.5 Å². The third kappa shape index (κ3) is 4.20. The smallest absolute Gasteiger partial charge is 0.275 e. The van der Waals surface area contributed by atoms with Gasteiger partial charge in [-0.15, -0.1) is 11.3 Å². The van der Waals surface area contributed by atoms with Gasteiger partial charge in [-0.25, -0.2) is 0 Å². The van der Waals surface area contributed by atoms with E-state index in [0.29, 0.717) is 5.92 Å². The molecule has 0 atom stereocenters. The maximum Gasteiger partial charge on any atom is 0.275 e. The molecule has 1 aromatic heterocycles. The van der Waals surface area contributed by atoms with Crippen LogP contribution in [-0.4, -0.2) is 13.2 Å². The zero-order valence-electron chi connectivity index (χ0n) is 13.9. The lowest BCUT2D eigenvalue weighted by Crippen LogP contribution is -2.17. The van der Waals surface area contributed by atoms with Crippen molar-refractivity contribution >= 4 is 22.9 Å². The highest BCUT2D eigenvalue weighted by atomic mass is 35.5. The molecular formula is C20H21ClO3S. The first kappa shape index (κ1) is 17.0. The highest BCUT2D eigenvalue weighted by molar-refractivity contribution is 7.12. The van der Waals surface area contributed by atoms with Crippen LogP contribution in [0.25, 0.3) is 0 Å². The van der Waals surface area contributed by atoms with Crippen LogP contribution in [0.2, 0.25) is 5.02 Å². The normalized spacial score (nSPS) is 18.3. The van der Waals surface area contributed by atoms with Gasteiger partial charge < -0.3 is 14.2 Å². The van der Waals surface area contributed by atoms with Gasteiger partial charge in [-0.3, -0.25) is 0 Å². The molecule has 1 saturated heterocycles. The Morgan fingerprint density at radius 1 is 1.08 bits per heavy atom. The van der Waals surface area contributed by atoms with E-state index in [1.165, 1.54) is 16.0 Å². The first-order valence-corrected chi connectivity index (χ1v) is 9.87. The van der Waals surface area contributed by atoms with Crippen LogP contribution in [-0.2, 0) is 27.1 Å². The highest BCUT2D eigenvalue weighted by Crippen LogP contribution is 2.36. The van der Waals surface area contributed by atoms with Crippen LogP contribution >= 0.6 is 22.9 Å². The Morgan fingerprint density at radius 2 is 1.88 bits per heavy atom. The molecule has 0 saturated carbocycles. The molecule has 25 heavy (non-hydrogen) atoms. The SMILES string of the molecule is Clc1cccc(Cc2cc(C3OC=CO3)sc2CC2CCOCC2)c1. The van der Waals surface area contributed by atoms with Gasteiger partial charge in [0, 0.05) is 23.1 Å². The molecule has 1 aromatic carbocycles. The quantitative estimate of drug-likeness (QED) is 0.691. The van der Waals surface area contributed by atoms with E-state index in [0.717, 1.165) is 48.8 Å². The summed E-state index contributed by atoms with van der Waals surface area (Å²) < 4.78 is 16.6. The molecule has 2 aromatic rings. The lowest BCUT2D eigenvalue weighted by Gasteiger charge is -2.22. The Labute approximate surface area is 157 Å². The van der Waals surface area contributed by atoms with Crippen LogP contribution in [0.1, 0.15) is 40.0 Å². The molecule has 2 aliphatic rings. The van der Waals surface area contributed by atoms with Gasteiger partial charge >= 0.3 is 0 Å². The summed E-state index contributed by atoms with van der Waals surface area (Å²) >= 11 is 7.97. The first-order chi connectivity index (χ1) is 12.3. The molecule has 0 radical (unpaired) electrons. The molecule has 3 heterocycles. The Hall–Kier alpha value is -1.49. The molecule has 132 valence electrons. The minimum Gasteiger partial charge on any atom is -0.454 e. The van der Waals surface area contributed by atoms with Gasteiger partial charge in [-0.1, -0.05) is 23.7 Å². The topological polar surface area (TPSA) is 27.7 Å². The van der Waals surface area contributed by atoms with E-state index >= 15 is 0 Å². The van der Waals surface area contributed by atoms with Crippen molar-refractivity contribution in [3.8, 4) is 0 Å². The van der Waals surface area contributed by atoms with E-state index in [-0.39, 0.29) is 6.29 Å². The van der Waals surface area contributed by atoms with Crippen LogP contribution in [0.15, 0.2) is 42.9 Å². The summed E-state index contributed by atoms with van der Waals surface area (Å²) in [7, 11) is 0. The minimum atomic E-state index is -0.299. The van der Waals surface area contributed by atoms with Crippen LogP contribution in [0, 0.1) is 5.92 Å². The molecule has 0 aliphatic carbocycles. The fraction of sp³-hybridized carbons (Fsp3) is 0.400. The van der Waals surface area contributed by atoms with Gasteiger partial charge in [0.15, 0.2) is 0 Å². The monoisotopic (exact) mass is 376 g/mol. The Morgan fingerprint density at radius 3 is 2.64 bits per heavy atom. The van der Waals surface area contributed by atoms with Crippen molar-refractivity contribution in [2.24, 2.45) is 5.92 Å². The molecule has 5 heteroatoms. The van der Waals surface area contributed by atoms with Gasteiger partial charge in [-0.2, -0.15) is 0 Å². The molecule has 0 unspecified atom stereocenters. The second-order valence-electron chi connectivity index (χ2n) is 6.54. The number of rotatable bonds is 5. The molecule has 0 spiro atoms. The van der Waals surface area contributed by atoms with E-state index < -0.39 is 0 Å². The third-order valence-corrected chi connectivity index (χ3v) is 6.16. The highest BCUT2D eigenvalue weighted by Gasteiger charge is 2.23. The van der Waals surface area contributed by atoms with Crippen molar-refractivity contribution in [2.45, 2.75) is 32.0 Å². The van der Waals surface area contributed by atoms with Gasteiger partial charge in [0.2, 0.25) is 0 Å². The molecule has 1 fully saturated rings. The summed E-state index contributed by atoms with van der Waals surface area (Å²) in [5, 5.41) is 0.783. The number of benzene rings is 1. The van der Waals surface area contributed by atoms with Gasteiger partial charge in [0.25, 0.3) is 6.29 Å². The number of ether oxygens (including phenoxy) is 3. The Bertz CT molecular complexity index is 741. The Balaban J connectivity index is 1.57. The maximum absolute atomic E-state index is 6.16. The maximum atomic E-state index is 6.16. The predicted molar refractivity (Wildman–Crippen MR) is 99.9 cm³/mol. The van der Waals surface area contributed by atoms with Crippen LogP contribution in [0.5, 0.6) is 0 Å². The van der Waals surface area contributed by atoms with E-state index in [2.05, 4.69) is 12.1 Å². The number of halogens is 1. The van der Waals surface area contributed by atoms with Crippen molar-refractivity contribution in [1.82, 2.24) is 0 Å². The average Bonchev–Trinajstić information content (AvgIpc) is 3.26. The standard InChI is InChI=1S/C20H21ClO3S/c21-17-3-1-2-15(11-17)10-16-13-19(20-23-8-9-24-20)25-18(16)12-14-4-6-22-7-5-14/h1-3,8-9,11,13-14,20H,4-7,10,12H2. The van der Waals surface area contributed by atoms with Crippen molar-refractivity contribution in [3.63, 3.8) is 0 Å². The van der Waals surface area contributed by atoms with Gasteiger partial charge in [0.05, 0.1) is 4.88 Å². The molecule has 0 N–H and O–H groups in total. The van der Waals surface area contributed by atoms with E-state index in [4.69, 9.17) is 25.8 Å². The fourth-order valence-corrected chi connectivity index (χ4v) is 4.87. The average molecular weight is 377 g/mol. The number of hydrogen-bond acceptors (Lipinski definition) is 4. The summed E-state index contributed by atoms with van der Waals surface area (Å²) in [6.07, 6.45) is 7.19. The summed E-state index contributed by atoms with van der Waals surface area (Å²) in [5.41, 5.74) is 2.59. The summed E-state index contributed by atoms with van der Waals surface area (Å²) in [4.78, 5) is 2.56. The molecule has 0 amide bonds. The lowest BCUT2D eigenvalue weighted by atomic mass is 9.93. The van der Waals surface area contributed by atoms with Crippen molar-refractivity contribution in [3.05, 3.63) is 68.8 Å². The molecule has 3 nitrogen and oxygen atoms in total. The minimum absolute atomic E-state index is 0.299. The summed E-state index contributed by atoms with van der Waals surface area (Å²) in [6.45, 7) is 1.76. The zero-order chi connectivity index (χ0) is 17.1. The van der Waals surface area contributed by atoms with Crippen LogP contribution < -0.4 is 0 Å². The zero-order valence-corrected chi connectivity index (χ0v) is 15.5. The lowest BCUT2D eigenvalue weighted by molar-refractivity contribution is -0.0217. The molecule has 4 rings (SSSR count). The number of thiophene rings is 1. The molecular weight excluding hydrogens is 356 g/mol. The second-order valence-corrected chi connectivity index (χ2v) is 8.14. The van der Waals surface area contributed by atoms with Gasteiger partial charge in [-0.05, 0) is 60.9 Å². The van der Waals surface area contributed by atoms with Crippen molar-refractivity contribution in [2.75, 3.05) is 13.2 Å². The van der Waals surface area contributed by atoms with Gasteiger partial charge in [0.1, 0.15) is 12.5 Å². The van der Waals surface area contributed by atoms with E-state index in [1.807, 2.05) is 29.5 Å².